The number of likely N-dealkylation sites (tertiary alicyclic amines) is 1. The summed E-state index contributed by atoms with van der Waals surface area (Å²) in [5.74, 6) is 1.18. The fraction of sp³-hybridized carbons (Fsp3) is 0.297. The van der Waals surface area contributed by atoms with E-state index in [1.807, 2.05) is 50.4 Å². The van der Waals surface area contributed by atoms with Gasteiger partial charge in [-0.05, 0) is 73.7 Å². The molecule has 1 aliphatic heterocycles. The summed E-state index contributed by atoms with van der Waals surface area (Å²) in [6.07, 6.45) is 9.37. The maximum absolute atomic E-state index is 11.7. The molecule has 3 atom stereocenters. The number of pyridine rings is 1. The molecule has 236 valence electrons. The summed E-state index contributed by atoms with van der Waals surface area (Å²) >= 11 is 0. The minimum Gasteiger partial charge on any atom is -0.436 e. The molecule has 5 aromatic rings. The molecule has 47 heavy (non-hydrogen) atoms. The van der Waals surface area contributed by atoms with Gasteiger partial charge in [0.2, 0.25) is 5.89 Å². The number of hydrogen-bond acceptors (Lipinski definition) is 10. The van der Waals surface area contributed by atoms with Gasteiger partial charge >= 0.3 is 0 Å². The number of oxazole rings is 1. The predicted octanol–water partition coefficient (Wildman–Crippen LogP) is 6.02. The van der Waals surface area contributed by atoms with E-state index in [0.717, 1.165) is 35.2 Å². The molecule has 10 heteroatoms. The van der Waals surface area contributed by atoms with Gasteiger partial charge in [0.25, 0.3) is 0 Å². The first-order valence-corrected chi connectivity index (χ1v) is 15.7. The summed E-state index contributed by atoms with van der Waals surface area (Å²) in [5, 5.41) is 24.1. The quantitative estimate of drug-likeness (QED) is 0.206. The number of aromatic nitrogens is 4. The molecule has 0 saturated carbocycles. The van der Waals surface area contributed by atoms with Crippen molar-refractivity contribution in [2.75, 3.05) is 18.4 Å². The van der Waals surface area contributed by atoms with Crippen LogP contribution in [-0.2, 0) is 12.1 Å². The minimum absolute atomic E-state index is 0.231. The van der Waals surface area contributed by atoms with Crippen LogP contribution in [0.3, 0.4) is 0 Å². The van der Waals surface area contributed by atoms with Crippen molar-refractivity contribution in [3.63, 3.8) is 0 Å². The van der Waals surface area contributed by atoms with E-state index in [9.17, 15) is 15.2 Å². The molecule has 3 aromatic heterocycles. The van der Waals surface area contributed by atoms with Gasteiger partial charge in [0.05, 0.1) is 16.7 Å². The highest BCUT2D eigenvalue weighted by atomic mass is 16.4. The first-order chi connectivity index (χ1) is 22.6. The molecule has 0 radical (unpaired) electrons. The number of carbonyl (C=O) groups excluding carboxylic acids is 1. The van der Waals surface area contributed by atoms with Crippen LogP contribution in [0.4, 0.5) is 5.82 Å². The first kappa shape index (κ1) is 30.4. The van der Waals surface area contributed by atoms with Crippen LogP contribution < -0.4 is 5.32 Å². The van der Waals surface area contributed by atoms with Crippen LogP contribution in [0.1, 0.15) is 64.6 Å². The number of aliphatic hydroxyl groups is 1. The van der Waals surface area contributed by atoms with E-state index in [4.69, 9.17) is 24.4 Å². The van der Waals surface area contributed by atoms with Crippen molar-refractivity contribution < 1.29 is 14.3 Å². The summed E-state index contributed by atoms with van der Waals surface area (Å²) in [6, 6.07) is 15.6. The van der Waals surface area contributed by atoms with E-state index >= 15 is 0 Å². The molecular formula is C37H35N7O3. The average Bonchev–Trinajstić information content (AvgIpc) is 3.64. The SMILES string of the molecule is Cc1nc(NC2(c3nc4cc(C=O)cc(C#N)c4o3)C=CC=C(c3ccccc3C)[C@H]2C)c2ncc(CN3CCC(C)(O)C3)cc2n1. The van der Waals surface area contributed by atoms with Gasteiger partial charge in [0.1, 0.15) is 34.8 Å². The van der Waals surface area contributed by atoms with E-state index in [-0.39, 0.29) is 11.5 Å². The monoisotopic (exact) mass is 625 g/mol. The Hall–Kier alpha value is -5.24. The molecule has 10 nitrogen and oxygen atoms in total. The van der Waals surface area contributed by atoms with Crippen LogP contribution >= 0.6 is 0 Å². The van der Waals surface area contributed by atoms with Gasteiger partial charge in [-0.2, -0.15) is 5.26 Å². The standard InChI is InChI=1S/C37H35N7O3/c1-22-8-5-6-9-28(22)29-10-7-11-37(23(29)2,35-42-31-15-25(20-45)14-27(17-38)33(31)47-35)43-34-32-30(40-24(3)41-34)16-26(18-39-32)19-44-13-12-36(4,46)21-44/h5-11,14-16,18,20,23,46H,12-13,19,21H2,1-4H3,(H,40,41,43)/t23-,36?,37?/m1/s1. The van der Waals surface area contributed by atoms with Crippen LogP contribution in [0.5, 0.6) is 0 Å². The van der Waals surface area contributed by atoms with E-state index in [1.54, 1.807) is 6.07 Å². The fourth-order valence-corrected chi connectivity index (χ4v) is 6.88. The average molecular weight is 626 g/mol. The molecule has 1 fully saturated rings. The number of nitrogens with zero attached hydrogens (tertiary/aromatic N) is 6. The molecule has 2 aromatic carbocycles. The maximum atomic E-state index is 11.7. The molecule has 0 bridgehead atoms. The summed E-state index contributed by atoms with van der Waals surface area (Å²) in [4.78, 5) is 33.2. The van der Waals surface area contributed by atoms with Crippen molar-refractivity contribution in [2.45, 2.75) is 51.8 Å². The highest BCUT2D eigenvalue weighted by molar-refractivity contribution is 5.89. The smallest absolute Gasteiger partial charge is 0.225 e. The zero-order valence-electron chi connectivity index (χ0n) is 26.8. The summed E-state index contributed by atoms with van der Waals surface area (Å²) in [5.41, 5.74) is 5.16. The molecular weight excluding hydrogens is 590 g/mol. The lowest BCUT2D eigenvalue weighted by Crippen LogP contribution is -2.42. The Kier molecular flexibility index (Phi) is 7.46. The number of β-amino-alcohol motifs (C(OH)–C–C–N with tert-alkyl or cyclic N) is 1. The van der Waals surface area contributed by atoms with Crippen LogP contribution in [-0.4, -0.2) is 54.9 Å². The number of allylic oxidation sites excluding steroid dienone is 2. The molecule has 2 unspecified atom stereocenters. The van der Waals surface area contributed by atoms with Crippen LogP contribution in [0, 0.1) is 31.1 Å². The number of nitriles is 1. The number of anilines is 1. The second kappa shape index (κ2) is 11.5. The Morgan fingerprint density at radius 1 is 1.17 bits per heavy atom. The van der Waals surface area contributed by atoms with Gasteiger partial charge in [-0.1, -0.05) is 43.3 Å². The lowest BCUT2D eigenvalue weighted by atomic mass is 9.73. The van der Waals surface area contributed by atoms with Crippen molar-refractivity contribution in [3.8, 4) is 6.07 Å². The van der Waals surface area contributed by atoms with Gasteiger partial charge < -0.3 is 14.8 Å². The van der Waals surface area contributed by atoms with Gasteiger partial charge in [-0.15, -0.1) is 0 Å². The topological polar surface area (TPSA) is 141 Å². The third-order valence-electron chi connectivity index (χ3n) is 9.33. The number of aryl methyl sites for hydroxylation is 2. The Morgan fingerprint density at radius 2 is 2.00 bits per heavy atom. The number of carbonyl (C=O) groups is 1. The number of fused-ring (bicyclic) bond motifs is 2. The Balaban J connectivity index is 1.36. The highest BCUT2D eigenvalue weighted by Crippen LogP contribution is 2.46. The zero-order valence-corrected chi connectivity index (χ0v) is 26.8. The molecule has 1 aliphatic carbocycles. The maximum Gasteiger partial charge on any atom is 0.225 e. The molecule has 1 saturated heterocycles. The van der Waals surface area contributed by atoms with Crippen molar-refractivity contribution in [1.29, 1.82) is 5.26 Å². The van der Waals surface area contributed by atoms with E-state index in [0.29, 0.717) is 64.6 Å². The van der Waals surface area contributed by atoms with Crippen molar-refractivity contribution in [1.82, 2.24) is 24.8 Å². The lowest BCUT2D eigenvalue weighted by molar-refractivity contribution is 0.0679. The molecule has 7 rings (SSSR count). The highest BCUT2D eigenvalue weighted by Gasteiger charge is 2.45. The minimum atomic E-state index is -1.06. The Labute approximate surface area is 272 Å². The third-order valence-corrected chi connectivity index (χ3v) is 9.33. The van der Waals surface area contributed by atoms with Crippen molar-refractivity contribution in [3.05, 3.63) is 106 Å². The number of rotatable bonds is 7. The molecule has 4 heterocycles. The number of nitrogens with one attached hydrogen (secondary N) is 1. The summed E-state index contributed by atoms with van der Waals surface area (Å²) in [7, 11) is 0. The Bertz CT molecular complexity index is 2160. The van der Waals surface area contributed by atoms with Crippen molar-refractivity contribution in [2.24, 2.45) is 5.92 Å². The van der Waals surface area contributed by atoms with Gasteiger partial charge in [0.15, 0.2) is 11.4 Å². The van der Waals surface area contributed by atoms with Crippen LogP contribution in [0.2, 0.25) is 0 Å². The lowest BCUT2D eigenvalue weighted by Gasteiger charge is -2.39. The molecule has 0 spiro atoms. The number of aldehydes is 1. The fourth-order valence-electron chi connectivity index (χ4n) is 6.88. The van der Waals surface area contributed by atoms with Crippen LogP contribution in [0.25, 0.3) is 27.7 Å². The number of hydrogen-bond donors (Lipinski definition) is 2. The van der Waals surface area contributed by atoms with Gasteiger partial charge in [-0.3, -0.25) is 14.7 Å². The first-order valence-electron chi connectivity index (χ1n) is 15.7. The molecule has 2 N–H and O–H groups in total. The third kappa shape index (κ3) is 5.47. The largest absolute Gasteiger partial charge is 0.436 e. The van der Waals surface area contributed by atoms with Gasteiger partial charge in [-0.25, -0.2) is 15.0 Å². The Morgan fingerprint density at radius 3 is 2.74 bits per heavy atom. The number of benzene rings is 2. The van der Waals surface area contributed by atoms with Crippen molar-refractivity contribution >= 4 is 39.8 Å². The zero-order chi connectivity index (χ0) is 32.9. The second-order valence-electron chi connectivity index (χ2n) is 13.0. The van der Waals surface area contributed by atoms with E-state index in [2.05, 4.69) is 48.3 Å². The van der Waals surface area contributed by atoms with Crippen LogP contribution in [0.15, 0.2) is 71.3 Å². The predicted molar refractivity (Wildman–Crippen MR) is 179 cm³/mol. The molecule has 0 amide bonds. The van der Waals surface area contributed by atoms with Gasteiger partial charge in [0, 0.05) is 37.3 Å². The normalized spacial score (nSPS) is 22.8. The van der Waals surface area contributed by atoms with E-state index < -0.39 is 11.1 Å². The summed E-state index contributed by atoms with van der Waals surface area (Å²) in [6.45, 7) is 10.00. The second-order valence-corrected chi connectivity index (χ2v) is 13.0. The summed E-state index contributed by atoms with van der Waals surface area (Å²) < 4.78 is 6.46. The molecule has 2 aliphatic rings. The van der Waals surface area contributed by atoms with E-state index in [1.165, 1.54) is 6.07 Å².